The summed E-state index contributed by atoms with van der Waals surface area (Å²) in [5.41, 5.74) is -2.72. The molecule has 6 nitrogen and oxygen atoms in total. The predicted octanol–water partition coefficient (Wildman–Crippen LogP) is 5.19. The number of ether oxygens (including phenoxy) is 2. The lowest BCUT2D eigenvalue weighted by molar-refractivity contribution is -0.143. The number of alkyl halides is 6. The van der Waals surface area contributed by atoms with Crippen LogP contribution in [0.1, 0.15) is 22.3 Å². The normalized spacial score (nSPS) is 17.8. The average molecular weight is 546 g/mol. The molecule has 37 heavy (non-hydrogen) atoms. The SMILES string of the molecule is COc1cc(/C=C2/SC(N3CCNCC3)=NC2=O)ccc1OCc1ccc(C(F)(F)F)cc1C(F)(F)F. The highest BCUT2D eigenvalue weighted by Gasteiger charge is 2.38. The number of amidine groups is 1. The summed E-state index contributed by atoms with van der Waals surface area (Å²) in [5.74, 6) is -0.117. The quantitative estimate of drug-likeness (QED) is 0.413. The maximum Gasteiger partial charge on any atom is 0.416 e. The van der Waals surface area contributed by atoms with Crippen LogP contribution in [0, 0.1) is 0 Å². The number of carbonyl (C=O) groups excluding carboxylic acids is 1. The minimum atomic E-state index is -5.00. The second kappa shape index (κ2) is 10.7. The Morgan fingerprint density at radius 1 is 1.03 bits per heavy atom. The lowest BCUT2D eigenvalue weighted by atomic mass is 10.0. The fraction of sp³-hybridized carbons (Fsp3) is 0.333. The van der Waals surface area contributed by atoms with Gasteiger partial charge in [-0.15, -0.1) is 0 Å². The van der Waals surface area contributed by atoms with E-state index in [9.17, 15) is 31.1 Å². The Balaban J connectivity index is 1.50. The number of carbonyl (C=O) groups is 1. The molecule has 198 valence electrons. The summed E-state index contributed by atoms with van der Waals surface area (Å²) in [4.78, 5) is 18.9. The Bertz CT molecular complexity index is 1240. The number of nitrogens with one attached hydrogen (secondary N) is 1. The van der Waals surface area contributed by atoms with Crippen molar-refractivity contribution in [3.63, 3.8) is 0 Å². The monoisotopic (exact) mass is 545 g/mol. The topological polar surface area (TPSA) is 63.2 Å². The van der Waals surface area contributed by atoms with Crippen LogP contribution < -0.4 is 14.8 Å². The van der Waals surface area contributed by atoms with Crippen molar-refractivity contribution in [3.8, 4) is 11.5 Å². The molecule has 2 aliphatic heterocycles. The first-order chi connectivity index (χ1) is 17.5. The van der Waals surface area contributed by atoms with Gasteiger partial charge < -0.3 is 19.7 Å². The molecule has 0 aliphatic carbocycles. The van der Waals surface area contributed by atoms with E-state index in [1.54, 1.807) is 12.1 Å². The van der Waals surface area contributed by atoms with Crippen molar-refractivity contribution in [2.24, 2.45) is 4.99 Å². The van der Waals surface area contributed by atoms with Gasteiger partial charge in [-0.25, -0.2) is 0 Å². The second-order valence-corrected chi connectivity index (χ2v) is 9.12. The van der Waals surface area contributed by atoms with E-state index in [1.807, 2.05) is 4.90 Å². The average Bonchev–Trinajstić information content (AvgIpc) is 3.22. The zero-order valence-corrected chi connectivity index (χ0v) is 20.2. The molecule has 1 fully saturated rings. The van der Waals surface area contributed by atoms with Gasteiger partial charge in [0, 0.05) is 31.7 Å². The number of aliphatic imine (C=N–C) groups is 1. The maximum absolute atomic E-state index is 13.4. The highest BCUT2D eigenvalue weighted by Crippen LogP contribution is 2.39. The van der Waals surface area contributed by atoms with Crippen LogP contribution in [0.25, 0.3) is 6.08 Å². The molecule has 0 unspecified atom stereocenters. The Morgan fingerprint density at radius 2 is 1.76 bits per heavy atom. The highest BCUT2D eigenvalue weighted by molar-refractivity contribution is 8.18. The number of amides is 1. The lowest BCUT2D eigenvalue weighted by Crippen LogP contribution is -2.45. The summed E-state index contributed by atoms with van der Waals surface area (Å²) < 4.78 is 89.7. The molecule has 0 saturated carbocycles. The van der Waals surface area contributed by atoms with E-state index < -0.39 is 35.6 Å². The minimum absolute atomic E-state index is 0.0677. The Morgan fingerprint density at radius 3 is 2.41 bits per heavy atom. The summed E-state index contributed by atoms with van der Waals surface area (Å²) in [6.07, 6.45) is -8.30. The molecule has 0 radical (unpaired) electrons. The van der Waals surface area contributed by atoms with Crippen LogP contribution in [0.2, 0.25) is 0 Å². The van der Waals surface area contributed by atoms with Crippen LogP contribution >= 0.6 is 11.8 Å². The minimum Gasteiger partial charge on any atom is -0.493 e. The number of halogens is 6. The molecule has 2 aliphatic rings. The van der Waals surface area contributed by atoms with Crippen LogP contribution in [0.3, 0.4) is 0 Å². The smallest absolute Gasteiger partial charge is 0.416 e. The van der Waals surface area contributed by atoms with Crippen LogP contribution in [0.4, 0.5) is 26.3 Å². The van der Waals surface area contributed by atoms with Crippen molar-refractivity contribution in [3.05, 3.63) is 63.6 Å². The number of hydrogen-bond donors (Lipinski definition) is 1. The molecule has 2 heterocycles. The summed E-state index contributed by atoms with van der Waals surface area (Å²) >= 11 is 1.25. The van der Waals surface area contributed by atoms with Crippen molar-refractivity contribution >= 4 is 28.9 Å². The number of piperazine rings is 1. The van der Waals surface area contributed by atoms with Gasteiger partial charge in [-0.05, 0) is 47.7 Å². The molecular formula is C24H21F6N3O3S. The third kappa shape index (κ3) is 6.39. The zero-order chi connectivity index (χ0) is 26.8. The van der Waals surface area contributed by atoms with Crippen LogP contribution in [0.5, 0.6) is 11.5 Å². The summed E-state index contributed by atoms with van der Waals surface area (Å²) in [6, 6.07) is 5.96. The molecule has 0 bridgehead atoms. The molecular weight excluding hydrogens is 524 g/mol. The number of thioether (sulfide) groups is 1. The first-order valence-electron chi connectivity index (χ1n) is 11.0. The van der Waals surface area contributed by atoms with E-state index in [0.717, 1.165) is 32.2 Å². The summed E-state index contributed by atoms with van der Waals surface area (Å²) in [5, 5.41) is 3.85. The van der Waals surface area contributed by atoms with Gasteiger partial charge in [0.05, 0.1) is 23.1 Å². The molecule has 1 saturated heterocycles. The largest absolute Gasteiger partial charge is 0.493 e. The molecule has 2 aromatic carbocycles. The van der Waals surface area contributed by atoms with Gasteiger partial charge in [-0.1, -0.05) is 12.1 Å². The van der Waals surface area contributed by atoms with Crippen molar-refractivity contribution in [2.75, 3.05) is 33.3 Å². The predicted molar refractivity (Wildman–Crippen MR) is 126 cm³/mol. The van der Waals surface area contributed by atoms with Crippen LogP contribution in [0.15, 0.2) is 46.3 Å². The van der Waals surface area contributed by atoms with Crippen LogP contribution in [-0.4, -0.2) is 49.3 Å². The molecule has 2 aromatic rings. The van der Waals surface area contributed by atoms with Gasteiger partial charge in [0.1, 0.15) is 6.61 Å². The summed E-state index contributed by atoms with van der Waals surface area (Å²) in [6.45, 7) is 2.42. The number of hydrogen-bond acceptors (Lipinski definition) is 6. The first-order valence-corrected chi connectivity index (χ1v) is 11.8. The van der Waals surface area contributed by atoms with Crippen molar-refractivity contribution in [1.82, 2.24) is 10.2 Å². The number of nitrogens with zero attached hydrogens (tertiary/aromatic N) is 2. The van der Waals surface area contributed by atoms with Crippen molar-refractivity contribution in [2.45, 2.75) is 19.0 Å². The van der Waals surface area contributed by atoms with Gasteiger partial charge in [-0.2, -0.15) is 31.3 Å². The van der Waals surface area contributed by atoms with E-state index in [2.05, 4.69) is 10.3 Å². The fourth-order valence-electron chi connectivity index (χ4n) is 3.73. The van der Waals surface area contributed by atoms with Gasteiger partial charge in [0.15, 0.2) is 16.7 Å². The Hall–Kier alpha value is -3.19. The molecule has 1 N–H and O–H groups in total. The Kier molecular flexibility index (Phi) is 7.74. The van der Waals surface area contributed by atoms with E-state index in [4.69, 9.17) is 9.47 Å². The Labute approximate surface area is 212 Å². The molecule has 0 atom stereocenters. The molecule has 13 heteroatoms. The number of methoxy groups -OCH3 is 1. The fourth-order valence-corrected chi connectivity index (χ4v) is 4.70. The van der Waals surface area contributed by atoms with Crippen molar-refractivity contribution in [1.29, 1.82) is 0 Å². The first kappa shape index (κ1) is 26.9. The van der Waals surface area contributed by atoms with Gasteiger partial charge in [-0.3, -0.25) is 4.79 Å². The van der Waals surface area contributed by atoms with Gasteiger partial charge >= 0.3 is 12.4 Å². The third-order valence-corrected chi connectivity index (χ3v) is 6.65. The summed E-state index contributed by atoms with van der Waals surface area (Å²) in [7, 11) is 1.33. The van der Waals surface area contributed by atoms with Gasteiger partial charge in [0.2, 0.25) is 0 Å². The second-order valence-electron chi connectivity index (χ2n) is 8.11. The number of benzene rings is 2. The lowest BCUT2D eigenvalue weighted by Gasteiger charge is -2.27. The standard InChI is InChI=1S/C24H21F6N3O3S/c1-35-19-10-14(11-20-21(34)32-22(37-20)33-8-6-31-7-9-33)2-5-18(19)36-13-15-3-4-16(23(25,26)27)12-17(15)24(28,29)30/h2-5,10-12,31H,6-9,13H2,1H3/b20-11+. The molecule has 4 rings (SSSR count). The molecule has 0 aromatic heterocycles. The molecule has 0 spiro atoms. The zero-order valence-electron chi connectivity index (χ0n) is 19.4. The number of rotatable bonds is 5. The van der Waals surface area contributed by atoms with E-state index in [-0.39, 0.29) is 23.5 Å². The molecule has 1 amide bonds. The van der Waals surface area contributed by atoms with E-state index in [0.29, 0.717) is 21.7 Å². The maximum atomic E-state index is 13.4. The highest BCUT2D eigenvalue weighted by atomic mass is 32.2. The van der Waals surface area contributed by atoms with Crippen LogP contribution in [-0.2, 0) is 23.8 Å². The van der Waals surface area contributed by atoms with E-state index >= 15 is 0 Å². The third-order valence-electron chi connectivity index (χ3n) is 5.61. The van der Waals surface area contributed by atoms with Gasteiger partial charge in [0.25, 0.3) is 5.91 Å². The van der Waals surface area contributed by atoms with Crippen molar-refractivity contribution < 1.29 is 40.6 Å². The van der Waals surface area contributed by atoms with E-state index in [1.165, 1.54) is 31.0 Å².